The number of carboxylic acids is 3. The quantitative estimate of drug-likeness (QED) is 0.141. The number of amides is 1. The van der Waals surface area contributed by atoms with E-state index in [1.807, 2.05) is 16.8 Å². The van der Waals surface area contributed by atoms with Gasteiger partial charge in [0, 0.05) is 102 Å². The van der Waals surface area contributed by atoms with Gasteiger partial charge in [0.25, 0.3) is 5.91 Å². The van der Waals surface area contributed by atoms with Crippen molar-refractivity contribution in [2.75, 3.05) is 117 Å². The molecule has 3 aliphatic heterocycles. The van der Waals surface area contributed by atoms with Gasteiger partial charge < -0.3 is 44.5 Å². The molecule has 2 unspecified atom stereocenters. The van der Waals surface area contributed by atoms with Gasteiger partial charge in [-0.1, -0.05) is 0 Å². The van der Waals surface area contributed by atoms with Crippen molar-refractivity contribution < 1.29 is 48.4 Å². The number of carboxylic acid groups (broad SMARTS) is 3. The van der Waals surface area contributed by atoms with Crippen LogP contribution in [0.1, 0.15) is 41.9 Å². The smallest absolute Gasteiger partial charge is 0.320 e. The summed E-state index contributed by atoms with van der Waals surface area (Å²) in [6, 6.07) is 0.183. The maximum absolute atomic E-state index is 15.8. The monoisotopic (exact) mass is 788 g/mol. The molecule has 0 spiro atoms. The van der Waals surface area contributed by atoms with E-state index >= 15 is 4.39 Å². The van der Waals surface area contributed by atoms with Crippen LogP contribution in [0.15, 0.2) is 17.1 Å². The highest BCUT2D eigenvalue weighted by Gasteiger charge is 2.31. The number of aldehydes is 1. The van der Waals surface area contributed by atoms with E-state index in [0.29, 0.717) is 49.5 Å². The molecule has 0 bridgehead atoms. The van der Waals surface area contributed by atoms with Gasteiger partial charge in [0.1, 0.15) is 29.9 Å². The summed E-state index contributed by atoms with van der Waals surface area (Å²) in [5.41, 5.74) is 0.686. The Bertz CT molecular complexity index is 1820. The summed E-state index contributed by atoms with van der Waals surface area (Å²) in [7, 11) is 2.00. The molecular formula is C37H53FN8O10. The van der Waals surface area contributed by atoms with E-state index in [0.717, 1.165) is 19.4 Å². The van der Waals surface area contributed by atoms with E-state index < -0.39 is 47.3 Å². The van der Waals surface area contributed by atoms with Crippen molar-refractivity contribution in [3.8, 4) is 0 Å². The Kier molecular flexibility index (Phi) is 14.9. The van der Waals surface area contributed by atoms with Gasteiger partial charge in [-0.05, 0) is 32.9 Å². The van der Waals surface area contributed by atoms with E-state index in [2.05, 4.69) is 10.2 Å². The maximum atomic E-state index is 15.8. The molecule has 3 aliphatic rings. The molecule has 4 N–H and O–H groups in total. The van der Waals surface area contributed by atoms with Gasteiger partial charge in [-0.3, -0.25) is 43.6 Å². The third-order valence-corrected chi connectivity index (χ3v) is 10.9. The predicted octanol–water partition coefficient (Wildman–Crippen LogP) is -0.506. The molecule has 2 saturated heterocycles. The Hall–Kier alpha value is -4.53. The molecule has 2 atom stereocenters. The average molecular weight is 789 g/mol. The van der Waals surface area contributed by atoms with Crippen molar-refractivity contribution in [1.82, 2.24) is 34.4 Å². The minimum atomic E-state index is -1.11. The number of aliphatic carboxylic acids is 3. The normalized spacial score (nSPS) is 20.6. The lowest BCUT2D eigenvalue weighted by atomic mass is 10.0. The van der Waals surface area contributed by atoms with E-state index in [9.17, 15) is 44.1 Å². The maximum Gasteiger partial charge on any atom is 0.320 e. The summed E-state index contributed by atoms with van der Waals surface area (Å²) < 4.78 is 23.5. The lowest BCUT2D eigenvalue weighted by molar-refractivity contribution is -0.144. The van der Waals surface area contributed by atoms with Crippen LogP contribution in [0.2, 0.25) is 0 Å². The lowest BCUT2D eigenvalue weighted by Gasteiger charge is -2.37. The van der Waals surface area contributed by atoms with Crippen LogP contribution in [0.25, 0.3) is 10.9 Å². The second-order valence-corrected chi connectivity index (χ2v) is 14.7. The molecule has 56 heavy (non-hydrogen) atoms. The first-order valence-electron chi connectivity index (χ1n) is 19.0. The molecule has 308 valence electrons. The molecule has 0 radical (unpaired) electrons. The van der Waals surface area contributed by atoms with Crippen molar-refractivity contribution >= 4 is 46.7 Å². The lowest BCUT2D eigenvalue weighted by Crippen LogP contribution is -2.51. The molecule has 2 aromatic rings. The minimum absolute atomic E-state index is 0.0315. The highest BCUT2D eigenvalue weighted by Crippen LogP contribution is 2.37. The number of ether oxygens (including phenoxy) is 1. The number of pyridine rings is 1. The molecule has 0 aliphatic carbocycles. The van der Waals surface area contributed by atoms with Crippen LogP contribution in [0, 0.1) is 5.82 Å². The number of nitrogens with one attached hydrogen (secondary N) is 1. The Balaban J connectivity index is 1.29. The summed E-state index contributed by atoms with van der Waals surface area (Å²) >= 11 is 0. The minimum Gasteiger partial charge on any atom is -0.480 e. The number of piperazine rings is 1. The van der Waals surface area contributed by atoms with Gasteiger partial charge in [-0.2, -0.15) is 0 Å². The zero-order chi connectivity index (χ0) is 40.5. The van der Waals surface area contributed by atoms with Crippen molar-refractivity contribution in [2.24, 2.45) is 0 Å². The van der Waals surface area contributed by atoms with Crippen LogP contribution in [0.5, 0.6) is 0 Å². The number of hydrogen-bond acceptors (Lipinski definition) is 13. The van der Waals surface area contributed by atoms with Crippen LogP contribution in [-0.2, 0) is 30.5 Å². The summed E-state index contributed by atoms with van der Waals surface area (Å²) in [5, 5.41) is 32.0. The molecule has 19 heteroatoms. The zero-order valence-corrected chi connectivity index (χ0v) is 32.0. The third-order valence-electron chi connectivity index (χ3n) is 10.9. The predicted molar refractivity (Wildman–Crippen MR) is 203 cm³/mol. The van der Waals surface area contributed by atoms with Gasteiger partial charge in [0.05, 0.1) is 37.4 Å². The first-order valence-corrected chi connectivity index (χ1v) is 19.0. The first kappa shape index (κ1) is 42.6. The van der Waals surface area contributed by atoms with Gasteiger partial charge >= 0.3 is 17.9 Å². The Labute approximate surface area is 323 Å². The Morgan fingerprint density at radius 2 is 1.50 bits per heavy atom. The topological polar surface area (TPSA) is 209 Å². The number of halogens is 1. The van der Waals surface area contributed by atoms with Crippen LogP contribution in [-0.4, -0.2) is 192 Å². The fourth-order valence-electron chi connectivity index (χ4n) is 7.70. The average Bonchev–Trinajstić information content (AvgIpc) is 3.14. The van der Waals surface area contributed by atoms with Crippen molar-refractivity contribution in [2.45, 2.75) is 38.6 Å². The summed E-state index contributed by atoms with van der Waals surface area (Å²) in [4.78, 5) is 85.4. The zero-order valence-electron chi connectivity index (χ0n) is 32.0. The molecule has 0 saturated carbocycles. The van der Waals surface area contributed by atoms with Crippen molar-refractivity contribution in [3.63, 3.8) is 0 Å². The van der Waals surface area contributed by atoms with E-state index in [1.165, 1.54) is 12.3 Å². The second kappa shape index (κ2) is 19.6. The van der Waals surface area contributed by atoms with Gasteiger partial charge in [0.2, 0.25) is 5.43 Å². The molecule has 1 aromatic heterocycles. The van der Waals surface area contributed by atoms with Gasteiger partial charge in [-0.25, -0.2) is 4.39 Å². The molecule has 4 heterocycles. The highest BCUT2D eigenvalue weighted by atomic mass is 19.1. The summed E-state index contributed by atoms with van der Waals surface area (Å²) in [6.07, 6.45) is 1.95. The molecule has 1 amide bonds. The Morgan fingerprint density at radius 3 is 2.09 bits per heavy atom. The standard InChI is InChI=1S/C37H53FN8O10/c1-25-46-21-27(35(52)26-20-29(38)34(28(24-56-25)33(26)46)45-14-6-40(2)7-15-45)36(53)39-5-3-4-30(37(54)55)44-16-12-41(18-19-47)8-9-42(22-31(48)49)10-11-43(13-17-44)23-32(50)51/h19-21,25,30H,3-18,22-24H2,1-2H3,(H,39,53)(H,48,49)(H,50,51)(H,54,55). The fourth-order valence-corrected chi connectivity index (χ4v) is 7.70. The number of rotatable bonds is 14. The van der Waals surface area contributed by atoms with Gasteiger partial charge in [-0.15, -0.1) is 0 Å². The molecular weight excluding hydrogens is 735 g/mol. The van der Waals surface area contributed by atoms with Crippen LogP contribution in [0.4, 0.5) is 10.1 Å². The SMILES string of the molecule is CC1OCc2c(N3CCN(C)CC3)c(F)cc3c(=O)c(C(=O)NCCCC(C(=O)O)N4CCN(CC=O)CCN(CC(=O)O)CCN(CC(=O)O)CC4)cn1c23. The summed E-state index contributed by atoms with van der Waals surface area (Å²) in [6.45, 7) is 6.21. The number of anilines is 1. The number of aromatic nitrogens is 1. The largest absolute Gasteiger partial charge is 0.480 e. The Morgan fingerprint density at radius 1 is 0.911 bits per heavy atom. The molecule has 5 rings (SSSR count). The number of carbonyl (C=O) groups is 5. The van der Waals surface area contributed by atoms with Crippen LogP contribution >= 0.6 is 0 Å². The number of benzene rings is 1. The molecule has 2 fully saturated rings. The summed E-state index contributed by atoms with van der Waals surface area (Å²) in [5.74, 6) is -4.46. The number of carbonyl (C=O) groups excluding carboxylic acids is 2. The number of nitrogens with zero attached hydrogens (tertiary/aromatic N) is 7. The van der Waals surface area contributed by atoms with E-state index in [1.54, 1.807) is 26.2 Å². The highest BCUT2D eigenvalue weighted by molar-refractivity contribution is 5.99. The molecule has 1 aromatic carbocycles. The number of hydrogen-bond donors (Lipinski definition) is 4. The molecule has 18 nitrogen and oxygen atoms in total. The third kappa shape index (κ3) is 10.6. The fraction of sp³-hybridized carbons (Fsp3) is 0.622. The van der Waals surface area contributed by atoms with Crippen LogP contribution in [0.3, 0.4) is 0 Å². The van der Waals surface area contributed by atoms with Crippen LogP contribution < -0.4 is 15.6 Å². The van der Waals surface area contributed by atoms with E-state index in [-0.39, 0.29) is 89.3 Å². The van der Waals surface area contributed by atoms with Crippen molar-refractivity contribution in [3.05, 3.63) is 39.4 Å². The second-order valence-electron chi connectivity index (χ2n) is 14.7. The number of likely N-dealkylation sites (N-methyl/N-ethyl adjacent to an activating group) is 1. The van der Waals surface area contributed by atoms with E-state index in [4.69, 9.17) is 4.74 Å². The van der Waals surface area contributed by atoms with Gasteiger partial charge in [0.15, 0.2) is 0 Å². The van der Waals surface area contributed by atoms with Crippen molar-refractivity contribution in [1.29, 1.82) is 0 Å². The first-order chi connectivity index (χ1) is 26.8.